The van der Waals surface area contributed by atoms with Crippen molar-refractivity contribution in [3.8, 4) is 5.75 Å². The van der Waals surface area contributed by atoms with Gasteiger partial charge < -0.3 is 20.5 Å². The molecular formula is C25H34ClN3O3. The summed E-state index contributed by atoms with van der Waals surface area (Å²) in [5, 5.41) is 17.5. The quantitative estimate of drug-likeness (QED) is 0.462. The first kappa shape index (κ1) is 24.5. The van der Waals surface area contributed by atoms with Gasteiger partial charge >= 0.3 is 0 Å². The summed E-state index contributed by atoms with van der Waals surface area (Å²) in [5.41, 5.74) is 1.86. The Labute approximate surface area is 195 Å². The minimum absolute atomic E-state index is 0.0837. The molecule has 1 aliphatic heterocycles. The standard InChI is InChI=1S/C25H34ClN3O3/c1-18(2)25(31)28-22-5-3-4-6-23(22)32-24(30)11-14-27-21-12-15-29(16-13-21)17-19-7-9-20(26)10-8-19/h3-10,18,21,24,27,30H,11-17H2,1-2H3,(H,28,31). The van der Waals surface area contributed by atoms with E-state index in [-0.39, 0.29) is 11.8 Å². The van der Waals surface area contributed by atoms with Crippen molar-refractivity contribution in [2.45, 2.75) is 52.0 Å². The molecule has 1 heterocycles. The number of rotatable bonds is 10. The predicted molar refractivity (Wildman–Crippen MR) is 129 cm³/mol. The Morgan fingerprint density at radius 2 is 1.84 bits per heavy atom. The number of amides is 1. The number of piperidine rings is 1. The number of nitrogens with zero attached hydrogens (tertiary/aromatic N) is 1. The first-order chi connectivity index (χ1) is 15.4. The summed E-state index contributed by atoms with van der Waals surface area (Å²) in [6, 6.07) is 15.7. The van der Waals surface area contributed by atoms with Crippen molar-refractivity contribution in [2.24, 2.45) is 5.92 Å². The van der Waals surface area contributed by atoms with Gasteiger partial charge in [-0.05, 0) is 55.8 Å². The van der Waals surface area contributed by atoms with E-state index in [2.05, 4.69) is 27.7 Å². The fourth-order valence-electron chi connectivity index (χ4n) is 3.71. The van der Waals surface area contributed by atoms with Crippen LogP contribution in [0.25, 0.3) is 0 Å². The van der Waals surface area contributed by atoms with E-state index >= 15 is 0 Å². The number of para-hydroxylation sites is 2. The van der Waals surface area contributed by atoms with E-state index in [1.807, 2.05) is 38.1 Å². The van der Waals surface area contributed by atoms with Crippen LogP contribution in [-0.4, -0.2) is 47.9 Å². The number of hydrogen-bond acceptors (Lipinski definition) is 5. The van der Waals surface area contributed by atoms with Gasteiger partial charge in [0.1, 0.15) is 5.75 Å². The van der Waals surface area contributed by atoms with Crippen LogP contribution >= 0.6 is 11.6 Å². The van der Waals surface area contributed by atoms with Crippen LogP contribution in [0.2, 0.25) is 5.02 Å². The summed E-state index contributed by atoms with van der Waals surface area (Å²) in [4.78, 5) is 14.4. The number of nitrogens with one attached hydrogen (secondary N) is 2. The maximum Gasteiger partial charge on any atom is 0.227 e. The van der Waals surface area contributed by atoms with Crippen LogP contribution in [0.3, 0.4) is 0 Å². The molecule has 1 saturated heterocycles. The maximum absolute atomic E-state index is 12.0. The molecule has 6 nitrogen and oxygen atoms in total. The number of carbonyl (C=O) groups is 1. The average Bonchev–Trinajstić information content (AvgIpc) is 2.78. The Bertz CT molecular complexity index is 852. The second kappa shape index (κ2) is 12.2. The Hall–Kier alpha value is -2.12. The zero-order chi connectivity index (χ0) is 22.9. The third-order valence-corrected chi connectivity index (χ3v) is 5.92. The summed E-state index contributed by atoms with van der Waals surface area (Å²) in [7, 11) is 0. The third-order valence-electron chi connectivity index (χ3n) is 5.66. The van der Waals surface area contributed by atoms with E-state index in [4.69, 9.17) is 16.3 Å². The molecule has 1 aliphatic rings. The molecule has 0 aliphatic carbocycles. The van der Waals surface area contributed by atoms with Crippen LogP contribution in [0.4, 0.5) is 5.69 Å². The Kier molecular flexibility index (Phi) is 9.36. The molecule has 2 aromatic rings. The van der Waals surface area contributed by atoms with Gasteiger partial charge in [0.15, 0.2) is 6.29 Å². The third kappa shape index (κ3) is 7.78. The molecule has 1 unspecified atom stereocenters. The molecule has 0 saturated carbocycles. The van der Waals surface area contributed by atoms with Gasteiger partial charge in [0.05, 0.1) is 5.69 Å². The topological polar surface area (TPSA) is 73.8 Å². The molecule has 2 aromatic carbocycles. The predicted octanol–water partition coefficient (Wildman–Crippen LogP) is 4.28. The normalized spacial score (nSPS) is 16.2. The smallest absolute Gasteiger partial charge is 0.227 e. The number of carbonyl (C=O) groups excluding carboxylic acids is 1. The number of ether oxygens (including phenoxy) is 1. The number of benzene rings is 2. The van der Waals surface area contributed by atoms with Crippen molar-refractivity contribution in [2.75, 3.05) is 25.0 Å². The van der Waals surface area contributed by atoms with E-state index < -0.39 is 6.29 Å². The summed E-state index contributed by atoms with van der Waals surface area (Å²) in [6.45, 7) is 7.38. The zero-order valence-corrected chi connectivity index (χ0v) is 19.6. The largest absolute Gasteiger partial charge is 0.463 e. The number of hydrogen-bond donors (Lipinski definition) is 3. The lowest BCUT2D eigenvalue weighted by Crippen LogP contribution is -2.43. The summed E-state index contributed by atoms with van der Waals surface area (Å²) >= 11 is 5.96. The highest BCUT2D eigenvalue weighted by atomic mass is 35.5. The molecule has 3 rings (SSSR count). The highest BCUT2D eigenvalue weighted by molar-refractivity contribution is 6.30. The van der Waals surface area contributed by atoms with Crippen LogP contribution in [-0.2, 0) is 11.3 Å². The molecule has 1 amide bonds. The van der Waals surface area contributed by atoms with Crippen molar-refractivity contribution < 1.29 is 14.6 Å². The van der Waals surface area contributed by atoms with E-state index in [0.29, 0.717) is 30.4 Å². The summed E-state index contributed by atoms with van der Waals surface area (Å²) in [5.74, 6) is 0.263. The van der Waals surface area contributed by atoms with E-state index in [1.54, 1.807) is 12.1 Å². The summed E-state index contributed by atoms with van der Waals surface area (Å²) < 4.78 is 5.69. The fourth-order valence-corrected chi connectivity index (χ4v) is 3.84. The van der Waals surface area contributed by atoms with Crippen molar-refractivity contribution in [3.05, 3.63) is 59.1 Å². The zero-order valence-electron chi connectivity index (χ0n) is 18.9. The first-order valence-corrected chi connectivity index (χ1v) is 11.7. The van der Waals surface area contributed by atoms with Gasteiger partial charge in [0.2, 0.25) is 5.91 Å². The molecular weight excluding hydrogens is 426 g/mol. The first-order valence-electron chi connectivity index (χ1n) is 11.4. The molecule has 32 heavy (non-hydrogen) atoms. The van der Waals surface area contributed by atoms with Crippen molar-refractivity contribution in [1.29, 1.82) is 0 Å². The van der Waals surface area contributed by atoms with Crippen LogP contribution in [0.1, 0.15) is 38.7 Å². The van der Waals surface area contributed by atoms with Gasteiger partial charge in [-0.3, -0.25) is 9.69 Å². The van der Waals surface area contributed by atoms with Gasteiger partial charge in [-0.1, -0.05) is 49.7 Å². The van der Waals surface area contributed by atoms with E-state index in [9.17, 15) is 9.90 Å². The maximum atomic E-state index is 12.0. The summed E-state index contributed by atoms with van der Waals surface area (Å²) in [6.07, 6.45) is 1.69. The molecule has 1 atom stereocenters. The lowest BCUT2D eigenvalue weighted by Gasteiger charge is -2.32. The number of likely N-dealkylation sites (tertiary alicyclic amines) is 1. The van der Waals surface area contributed by atoms with Gasteiger partial charge in [-0.2, -0.15) is 0 Å². The van der Waals surface area contributed by atoms with E-state index in [0.717, 1.165) is 37.5 Å². The Balaban J connectivity index is 1.36. The van der Waals surface area contributed by atoms with E-state index in [1.165, 1.54) is 5.56 Å². The van der Waals surface area contributed by atoms with Crippen LogP contribution in [0, 0.1) is 5.92 Å². The lowest BCUT2D eigenvalue weighted by molar-refractivity contribution is -0.118. The Morgan fingerprint density at radius 1 is 1.16 bits per heavy atom. The second-order valence-corrected chi connectivity index (χ2v) is 9.07. The van der Waals surface area contributed by atoms with Gasteiger partial charge in [0.25, 0.3) is 0 Å². The number of aliphatic hydroxyl groups is 1. The van der Waals surface area contributed by atoms with Crippen LogP contribution in [0.15, 0.2) is 48.5 Å². The van der Waals surface area contributed by atoms with Crippen LogP contribution in [0.5, 0.6) is 5.75 Å². The van der Waals surface area contributed by atoms with Crippen molar-refractivity contribution in [1.82, 2.24) is 10.2 Å². The van der Waals surface area contributed by atoms with Gasteiger partial charge in [-0.25, -0.2) is 0 Å². The minimum Gasteiger partial charge on any atom is -0.463 e. The van der Waals surface area contributed by atoms with Crippen molar-refractivity contribution in [3.63, 3.8) is 0 Å². The molecule has 1 fully saturated rings. The number of anilines is 1. The molecule has 7 heteroatoms. The number of halogens is 1. The lowest BCUT2D eigenvalue weighted by atomic mass is 10.0. The molecule has 0 spiro atoms. The Morgan fingerprint density at radius 3 is 2.53 bits per heavy atom. The fraction of sp³-hybridized carbons (Fsp3) is 0.480. The molecule has 0 aromatic heterocycles. The minimum atomic E-state index is -0.940. The number of aliphatic hydroxyl groups excluding tert-OH is 1. The molecule has 0 bridgehead atoms. The SMILES string of the molecule is CC(C)C(=O)Nc1ccccc1OC(O)CCNC1CCN(Cc2ccc(Cl)cc2)CC1. The molecule has 0 radical (unpaired) electrons. The highest BCUT2D eigenvalue weighted by Crippen LogP contribution is 2.25. The average molecular weight is 460 g/mol. The monoisotopic (exact) mass is 459 g/mol. The highest BCUT2D eigenvalue weighted by Gasteiger charge is 2.19. The second-order valence-electron chi connectivity index (χ2n) is 8.63. The van der Waals surface area contributed by atoms with Crippen LogP contribution < -0.4 is 15.4 Å². The van der Waals surface area contributed by atoms with Gasteiger partial charge in [0, 0.05) is 36.5 Å². The molecule has 3 N–H and O–H groups in total. The van der Waals surface area contributed by atoms with Gasteiger partial charge in [-0.15, -0.1) is 0 Å². The molecule has 174 valence electrons. The van der Waals surface area contributed by atoms with Crippen molar-refractivity contribution >= 4 is 23.2 Å².